The van der Waals surface area contributed by atoms with Crippen molar-refractivity contribution < 1.29 is 19.0 Å². The minimum Gasteiger partial charge on any atom is -0.465 e. The van der Waals surface area contributed by atoms with Gasteiger partial charge in [-0.2, -0.15) is 0 Å². The highest BCUT2D eigenvalue weighted by Gasteiger charge is 2.34. The van der Waals surface area contributed by atoms with Gasteiger partial charge in [0.1, 0.15) is 11.6 Å². The molecule has 0 saturated carbocycles. The fraction of sp³-hybridized carbons (Fsp3) is 0.929. The molecule has 1 heterocycles. The molecule has 0 aromatic heterocycles. The summed E-state index contributed by atoms with van der Waals surface area (Å²) in [5.41, 5.74) is -0.635. The molecule has 0 aromatic rings. The van der Waals surface area contributed by atoms with Crippen LogP contribution in [0, 0.1) is 0 Å². The molecule has 0 amide bonds. The second kappa shape index (κ2) is 7.82. The van der Waals surface area contributed by atoms with E-state index < -0.39 is 5.54 Å². The molecule has 1 unspecified atom stereocenters. The maximum Gasteiger partial charge on any atom is 0.326 e. The molecule has 0 radical (unpaired) electrons. The van der Waals surface area contributed by atoms with Gasteiger partial charge in [0, 0.05) is 12.6 Å². The molecule has 1 aliphatic heterocycles. The molecular formula is C14H27NO4. The van der Waals surface area contributed by atoms with Gasteiger partial charge in [0.05, 0.1) is 19.8 Å². The van der Waals surface area contributed by atoms with Gasteiger partial charge in [0.2, 0.25) is 0 Å². The number of hydrogen-bond acceptors (Lipinski definition) is 5. The van der Waals surface area contributed by atoms with Crippen LogP contribution in [0.25, 0.3) is 0 Å². The first kappa shape index (κ1) is 16.4. The fourth-order valence-electron chi connectivity index (χ4n) is 2.15. The average molecular weight is 273 g/mol. The molecule has 112 valence electrons. The number of carbonyl (C=O) groups excluding carboxylic acids is 1. The monoisotopic (exact) mass is 273 g/mol. The second-order valence-electron chi connectivity index (χ2n) is 5.49. The molecule has 1 atom stereocenters. The Kier molecular flexibility index (Phi) is 6.75. The Morgan fingerprint density at radius 2 is 2.16 bits per heavy atom. The lowest BCUT2D eigenvalue weighted by Crippen LogP contribution is -2.53. The molecular weight excluding hydrogens is 246 g/mol. The number of esters is 1. The van der Waals surface area contributed by atoms with Crippen LogP contribution in [-0.4, -0.2) is 50.1 Å². The lowest BCUT2D eigenvalue weighted by Gasteiger charge is -2.31. The quantitative estimate of drug-likeness (QED) is 0.509. The van der Waals surface area contributed by atoms with Crippen LogP contribution in [0.1, 0.15) is 40.5 Å². The molecule has 0 bridgehead atoms. The van der Waals surface area contributed by atoms with E-state index in [4.69, 9.17) is 14.2 Å². The summed E-state index contributed by atoms with van der Waals surface area (Å²) in [5.74, 6) is -0.185. The summed E-state index contributed by atoms with van der Waals surface area (Å²) in [6, 6.07) is 0.232. The van der Waals surface area contributed by atoms with Crippen molar-refractivity contribution in [2.45, 2.75) is 58.2 Å². The van der Waals surface area contributed by atoms with Crippen LogP contribution < -0.4 is 5.32 Å². The standard InChI is InChI=1S/C14H27NO4/c1-5-18-13(16)14(4,15-11(2)3)7-6-8-19-12-9-17-10-12/h11-12,15H,5-10H2,1-4H3. The van der Waals surface area contributed by atoms with Crippen molar-refractivity contribution in [1.29, 1.82) is 0 Å². The summed E-state index contributed by atoms with van der Waals surface area (Å²) in [6.45, 7) is 10.2. The highest BCUT2D eigenvalue weighted by atomic mass is 16.6. The second-order valence-corrected chi connectivity index (χ2v) is 5.49. The molecule has 1 N–H and O–H groups in total. The van der Waals surface area contributed by atoms with Gasteiger partial charge in [0.25, 0.3) is 0 Å². The number of hydrogen-bond donors (Lipinski definition) is 1. The van der Waals surface area contributed by atoms with E-state index in [9.17, 15) is 4.79 Å². The van der Waals surface area contributed by atoms with E-state index in [1.165, 1.54) is 0 Å². The zero-order valence-corrected chi connectivity index (χ0v) is 12.5. The van der Waals surface area contributed by atoms with E-state index in [0.717, 1.165) is 6.42 Å². The largest absolute Gasteiger partial charge is 0.465 e. The van der Waals surface area contributed by atoms with Gasteiger partial charge in [-0.05, 0) is 40.5 Å². The van der Waals surface area contributed by atoms with Crippen molar-refractivity contribution in [3.8, 4) is 0 Å². The Bertz CT molecular complexity index is 279. The van der Waals surface area contributed by atoms with Crippen molar-refractivity contribution in [3.05, 3.63) is 0 Å². The smallest absolute Gasteiger partial charge is 0.326 e. The van der Waals surface area contributed by atoms with Crippen LogP contribution >= 0.6 is 0 Å². The Hall–Kier alpha value is -0.650. The van der Waals surface area contributed by atoms with Crippen molar-refractivity contribution >= 4 is 5.97 Å². The molecule has 1 saturated heterocycles. The van der Waals surface area contributed by atoms with Crippen molar-refractivity contribution in [3.63, 3.8) is 0 Å². The van der Waals surface area contributed by atoms with Gasteiger partial charge in [0.15, 0.2) is 0 Å². The van der Waals surface area contributed by atoms with Crippen LogP contribution in [0.5, 0.6) is 0 Å². The summed E-state index contributed by atoms with van der Waals surface area (Å²) in [4.78, 5) is 12.1. The van der Waals surface area contributed by atoms with Crippen LogP contribution in [0.3, 0.4) is 0 Å². The normalized spacial score (nSPS) is 19.0. The molecule has 0 aromatic carbocycles. The van der Waals surface area contributed by atoms with Crippen LogP contribution in [0.4, 0.5) is 0 Å². The summed E-state index contributed by atoms with van der Waals surface area (Å²) >= 11 is 0. The molecule has 19 heavy (non-hydrogen) atoms. The summed E-state index contributed by atoms with van der Waals surface area (Å²) in [6.07, 6.45) is 1.77. The van der Waals surface area contributed by atoms with Crippen molar-refractivity contribution in [2.24, 2.45) is 0 Å². The predicted molar refractivity (Wildman–Crippen MR) is 73.1 cm³/mol. The van der Waals surface area contributed by atoms with E-state index in [0.29, 0.717) is 32.8 Å². The maximum absolute atomic E-state index is 12.1. The maximum atomic E-state index is 12.1. The lowest BCUT2D eigenvalue weighted by molar-refractivity contribution is -0.152. The molecule has 5 heteroatoms. The first-order chi connectivity index (χ1) is 8.98. The van der Waals surface area contributed by atoms with E-state index in [2.05, 4.69) is 5.32 Å². The predicted octanol–water partition coefficient (Wildman–Crippen LogP) is 1.50. The van der Waals surface area contributed by atoms with Crippen LogP contribution in [0.15, 0.2) is 0 Å². The zero-order valence-electron chi connectivity index (χ0n) is 12.5. The van der Waals surface area contributed by atoms with Crippen molar-refractivity contribution in [2.75, 3.05) is 26.4 Å². The molecule has 1 fully saturated rings. The van der Waals surface area contributed by atoms with Gasteiger partial charge in [-0.1, -0.05) is 0 Å². The molecule has 1 aliphatic rings. The zero-order chi connectivity index (χ0) is 14.3. The molecule has 0 spiro atoms. The lowest BCUT2D eigenvalue weighted by atomic mass is 9.95. The highest BCUT2D eigenvalue weighted by molar-refractivity contribution is 5.80. The Morgan fingerprint density at radius 3 is 2.63 bits per heavy atom. The van der Waals surface area contributed by atoms with Gasteiger partial charge in [-0.25, -0.2) is 0 Å². The summed E-state index contributed by atoms with van der Waals surface area (Å²) in [7, 11) is 0. The first-order valence-electron chi connectivity index (χ1n) is 7.12. The first-order valence-corrected chi connectivity index (χ1v) is 7.12. The van der Waals surface area contributed by atoms with Gasteiger partial charge in [-0.15, -0.1) is 0 Å². The van der Waals surface area contributed by atoms with E-state index in [1.807, 2.05) is 27.7 Å². The van der Waals surface area contributed by atoms with E-state index in [1.54, 1.807) is 0 Å². The third-order valence-electron chi connectivity index (χ3n) is 3.12. The SMILES string of the molecule is CCOC(=O)C(C)(CCCOC1COC1)NC(C)C. The molecule has 0 aliphatic carbocycles. The third-order valence-corrected chi connectivity index (χ3v) is 3.12. The number of ether oxygens (including phenoxy) is 3. The molecule has 1 rings (SSSR count). The van der Waals surface area contributed by atoms with Gasteiger partial charge >= 0.3 is 5.97 Å². The van der Waals surface area contributed by atoms with Gasteiger partial charge in [-0.3, -0.25) is 10.1 Å². The van der Waals surface area contributed by atoms with E-state index >= 15 is 0 Å². The number of carbonyl (C=O) groups is 1. The average Bonchev–Trinajstić information content (AvgIpc) is 2.25. The number of nitrogens with one attached hydrogen (secondary N) is 1. The molecule has 5 nitrogen and oxygen atoms in total. The minimum absolute atomic E-state index is 0.185. The highest BCUT2D eigenvalue weighted by Crippen LogP contribution is 2.17. The third kappa shape index (κ3) is 5.47. The Balaban J connectivity index is 2.36. The Labute approximate surface area is 116 Å². The van der Waals surface area contributed by atoms with Crippen LogP contribution in [0.2, 0.25) is 0 Å². The Morgan fingerprint density at radius 1 is 1.47 bits per heavy atom. The van der Waals surface area contributed by atoms with Crippen molar-refractivity contribution in [1.82, 2.24) is 5.32 Å². The summed E-state index contributed by atoms with van der Waals surface area (Å²) < 4.78 is 15.8. The number of rotatable bonds is 9. The minimum atomic E-state index is -0.635. The van der Waals surface area contributed by atoms with E-state index in [-0.39, 0.29) is 18.1 Å². The summed E-state index contributed by atoms with van der Waals surface area (Å²) in [5, 5.41) is 3.30. The van der Waals surface area contributed by atoms with Crippen LogP contribution in [-0.2, 0) is 19.0 Å². The fourth-order valence-corrected chi connectivity index (χ4v) is 2.15. The topological polar surface area (TPSA) is 56.8 Å². The van der Waals surface area contributed by atoms with Gasteiger partial charge < -0.3 is 14.2 Å².